The summed E-state index contributed by atoms with van der Waals surface area (Å²) in [5.74, 6) is 0.528. The quantitative estimate of drug-likeness (QED) is 0.520. The summed E-state index contributed by atoms with van der Waals surface area (Å²) < 4.78 is 0. The minimum Gasteiger partial charge on any atom is -0.322 e. The average molecular weight is 430 g/mol. The van der Waals surface area contributed by atoms with E-state index in [9.17, 15) is 9.59 Å². The monoisotopic (exact) mass is 429 g/mol. The summed E-state index contributed by atoms with van der Waals surface area (Å²) in [5.41, 5.74) is 1.40. The number of imide groups is 1. The minimum absolute atomic E-state index is 0.0533. The number of nitrogens with zero attached hydrogens (tertiary/aromatic N) is 2. The molecule has 2 saturated heterocycles. The molecule has 0 bridgehead atoms. The molecule has 1 N–H and O–H groups in total. The Morgan fingerprint density at radius 1 is 1.20 bits per heavy atom. The number of nitrogens with one attached hydrogen (secondary N) is 1. The summed E-state index contributed by atoms with van der Waals surface area (Å²) in [6.07, 6.45) is 6.61. The van der Waals surface area contributed by atoms with E-state index in [1.807, 2.05) is 24.3 Å². The van der Waals surface area contributed by atoms with E-state index in [4.69, 9.17) is 11.6 Å². The first-order valence-electron chi connectivity index (χ1n) is 11.1. The van der Waals surface area contributed by atoms with Crippen molar-refractivity contribution >= 4 is 23.5 Å². The Hall–Kier alpha value is -1.85. The van der Waals surface area contributed by atoms with E-state index in [-0.39, 0.29) is 17.9 Å². The molecule has 0 spiro atoms. The molecule has 1 aliphatic carbocycles. The van der Waals surface area contributed by atoms with Crippen LogP contribution in [0.1, 0.15) is 45.1 Å². The molecule has 3 fully saturated rings. The van der Waals surface area contributed by atoms with Crippen LogP contribution >= 0.6 is 11.6 Å². The second-order valence-electron chi connectivity index (χ2n) is 9.21. The van der Waals surface area contributed by atoms with Crippen molar-refractivity contribution in [1.82, 2.24) is 15.1 Å². The van der Waals surface area contributed by atoms with E-state index in [1.165, 1.54) is 10.5 Å². The zero-order valence-electron chi connectivity index (χ0n) is 18.0. The Morgan fingerprint density at radius 2 is 1.90 bits per heavy atom. The fraction of sp³-hybridized carbons (Fsp3) is 0.583. The molecule has 30 heavy (non-hydrogen) atoms. The normalized spacial score (nSPS) is 26.4. The number of hydrogen-bond donors (Lipinski definition) is 1. The topological polar surface area (TPSA) is 52.7 Å². The number of piperidine rings is 1. The lowest BCUT2D eigenvalue weighted by atomic mass is 9.73. The van der Waals surface area contributed by atoms with E-state index < -0.39 is 5.54 Å². The Bertz CT molecular complexity index is 843. The fourth-order valence-electron chi connectivity index (χ4n) is 4.88. The van der Waals surface area contributed by atoms with Gasteiger partial charge in [-0.05, 0) is 76.1 Å². The lowest BCUT2D eigenvalue weighted by Gasteiger charge is -2.41. The van der Waals surface area contributed by atoms with Gasteiger partial charge in [0.1, 0.15) is 5.54 Å². The third kappa shape index (κ3) is 4.28. The van der Waals surface area contributed by atoms with Crippen LogP contribution in [0.2, 0.25) is 5.02 Å². The number of allylic oxidation sites excluding steroid dienone is 1. The number of urea groups is 1. The van der Waals surface area contributed by atoms with Crippen LogP contribution in [-0.2, 0) is 11.2 Å². The highest BCUT2D eigenvalue weighted by Gasteiger charge is 2.56. The molecular weight excluding hydrogens is 398 g/mol. The maximum atomic E-state index is 13.7. The molecule has 2 aliphatic heterocycles. The fourth-order valence-corrected chi connectivity index (χ4v) is 5.08. The second-order valence-corrected chi connectivity index (χ2v) is 9.62. The number of likely N-dealkylation sites (tertiary alicyclic amines) is 1. The second kappa shape index (κ2) is 8.72. The molecule has 3 aliphatic rings. The molecule has 0 aromatic heterocycles. The summed E-state index contributed by atoms with van der Waals surface area (Å²) in [6.45, 7) is 7.62. The van der Waals surface area contributed by atoms with Crippen molar-refractivity contribution in [2.45, 2.75) is 51.5 Å². The molecule has 5 nitrogen and oxygen atoms in total. The van der Waals surface area contributed by atoms with E-state index in [2.05, 4.69) is 30.1 Å². The maximum Gasteiger partial charge on any atom is 0.325 e. The average Bonchev–Trinajstić information content (AvgIpc) is 3.53. The number of carbonyl (C=O) groups excluding carboxylic acids is 2. The van der Waals surface area contributed by atoms with Gasteiger partial charge in [0.25, 0.3) is 5.91 Å². The molecule has 0 radical (unpaired) electrons. The van der Waals surface area contributed by atoms with Crippen LogP contribution in [0.5, 0.6) is 0 Å². The lowest BCUT2D eigenvalue weighted by Crippen LogP contribution is -2.57. The van der Waals surface area contributed by atoms with Crippen molar-refractivity contribution in [2.75, 3.05) is 26.2 Å². The highest BCUT2D eigenvalue weighted by atomic mass is 35.5. The predicted molar refractivity (Wildman–Crippen MR) is 119 cm³/mol. The molecule has 1 aromatic carbocycles. The van der Waals surface area contributed by atoms with Gasteiger partial charge in [-0.1, -0.05) is 41.4 Å². The van der Waals surface area contributed by atoms with Gasteiger partial charge in [-0.15, -0.1) is 0 Å². The van der Waals surface area contributed by atoms with E-state index >= 15 is 0 Å². The van der Waals surface area contributed by atoms with Crippen molar-refractivity contribution < 1.29 is 9.59 Å². The molecule has 4 rings (SSSR count). The molecule has 6 heteroatoms. The Labute approximate surface area is 184 Å². The number of amides is 3. The summed E-state index contributed by atoms with van der Waals surface area (Å²) in [7, 11) is 0. The van der Waals surface area contributed by atoms with E-state index in [0.717, 1.165) is 50.9 Å². The Morgan fingerprint density at radius 3 is 2.53 bits per heavy atom. The molecule has 162 valence electrons. The van der Waals surface area contributed by atoms with Crippen molar-refractivity contribution in [3.05, 3.63) is 46.5 Å². The number of rotatable bonds is 7. The SMILES string of the molecule is C/C=C(\C)CN1CCC([C@@]2(Cc3ccccc3Cl)NC(=O)N(CC3CC3)C2=O)CC1. The third-order valence-corrected chi connectivity index (χ3v) is 7.39. The van der Waals surface area contributed by atoms with Crippen LogP contribution in [-0.4, -0.2) is 53.5 Å². The third-order valence-electron chi connectivity index (χ3n) is 7.02. The lowest BCUT2D eigenvalue weighted by molar-refractivity contribution is -0.134. The summed E-state index contributed by atoms with van der Waals surface area (Å²) in [5, 5.41) is 3.81. The van der Waals surface area contributed by atoms with Crippen LogP contribution in [0.4, 0.5) is 4.79 Å². The zero-order chi connectivity index (χ0) is 21.3. The highest BCUT2D eigenvalue weighted by Crippen LogP contribution is 2.39. The zero-order valence-corrected chi connectivity index (χ0v) is 18.8. The molecule has 0 unspecified atom stereocenters. The van der Waals surface area contributed by atoms with Crippen LogP contribution in [0.25, 0.3) is 0 Å². The number of benzene rings is 1. The predicted octanol–water partition coefficient (Wildman–Crippen LogP) is 4.26. The van der Waals surface area contributed by atoms with Gasteiger partial charge in [0.05, 0.1) is 0 Å². The van der Waals surface area contributed by atoms with Gasteiger partial charge >= 0.3 is 6.03 Å². The highest BCUT2D eigenvalue weighted by molar-refractivity contribution is 6.31. The van der Waals surface area contributed by atoms with Crippen molar-refractivity contribution in [3.63, 3.8) is 0 Å². The number of hydrogen-bond acceptors (Lipinski definition) is 3. The van der Waals surface area contributed by atoms with Gasteiger partial charge in [0.2, 0.25) is 0 Å². The van der Waals surface area contributed by atoms with Crippen LogP contribution in [0, 0.1) is 11.8 Å². The Balaban J connectivity index is 1.58. The van der Waals surface area contributed by atoms with Gasteiger partial charge in [-0.2, -0.15) is 0 Å². The first kappa shape index (κ1) is 21.4. The smallest absolute Gasteiger partial charge is 0.322 e. The first-order chi connectivity index (χ1) is 14.4. The molecular formula is C24H32ClN3O2. The standard InChI is InChI=1S/C24H32ClN3O2/c1-3-17(2)15-27-12-10-20(11-13-27)24(14-19-6-4-5-7-21(19)25)22(29)28(23(30)26-24)16-18-8-9-18/h3-7,18,20H,8-16H2,1-2H3,(H,26,30)/b17-3+/t24-/m1/s1. The number of carbonyl (C=O) groups is 2. The molecule has 3 amide bonds. The van der Waals surface area contributed by atoms with Gasteiger partial charge in [-0.3, -0.25) is 14.6 Å². The Kier molecular flexibility index (Phi) is 6.21. The minimum atomic E-state index is -0.890. The van der Waals surface area contributed by atoms with E-state index in [1.54, 1.807) is 0 Å². The van der Waals surface area contributed by atoms with Gasteiger partial charge < -0.3 is 5.32 Å². The largest absolute Gasteiger partial charge is 0.325 e. The van der Waals surface area contributed by atoms with Gasteiger partial charge in [-0.25, -0.2) is 4.79 Å². The maximum absolute atomic E-state index is 13.7. The van der Waals surface area contributed by atoms with Crippen molar-refractivity contribution in [3.8, 4) is 0 Å². The van der Waals surface area contributed by atoms with Crippen molar-refractivity contribution in [1.29, 1.82) is 0 Å². The van der Waals surface area contributed by atoms with Crippen LogP contribution < -0.4 is 5.32 Å². The number of halogens is 1. The first-order valence-corrected chi connectivity index (χ1v) is 11.5. The van der Waals surface area contributed by atoms with Crippen LogP contribution in [0.15, 0.2) is 35.9 Å². The van der Waals surface area contributed by atoms with Crippen LogP contribution in [0.3, 0.4) is 0 Å². The van der Waals surface area contributed by atoms with Gasteiger partial charge in [0.15, 0.2) is 0 Å². The summed E-state index contributed by atoms with van der Waals surface area (Å²) in [6, 6.07) is 7.44. The summed E-state index contributed by atoms with van der Waals surface area (Å²) in [4.78, 5) is 30.5. The molecule has 1 saturated carbocycles. The summed E-state index contributed by atoms with van der Waals surface area (Å²) >= 11 is 6.46. The molecule has 1 atom stereocenters. The molecule has 2 heterocycles. The van der Waals surface area contributed by atoms with E-state index in [0.29, 0.717) is 23.9 Å². The van der Waals surface area contributed by atoms with Gasteiger partial charge in [0, 0.05) is 24.5 Å². The molecule has 1 aromatic rings. The van der Waals surface area contributed by atoms with Crippen molar-refractivity contribution in [2.24, 2.45) is 11.8 Å².